The zero-order valence-corrected chi connectivity index (χ0v) is 10.7. The number of nitrogens with zero attached hydrogens (tertiary/aromatic N) is 2. The third-order valence-corrected chi connectivity index (χ3v) is 2.88. The average Bonchev–Trinajstić information content (AvgIpc) is 2.91. The molecule has 19 heavy (non-hydrogen) atoms. The molecule has 6 nitrogen and oxygen atoms in total. The Morgan fingerprint density at radius 1 is 1.53 bits per heavy atom. The third kappa shape index (κ3) is 3.54. The first-order valence-electron chi connectivity index (χ1n) is 6.10. The lowest BCUT2D eigenvalue weighted by Crippen LogP contribution is -2.28. The van der Waals surface area contributed by atoms with E-state index >= 15 is 0 Å². The molecule has 1 atom stereocenters. The van der Waals surface area contributed by atoms with Crippen molar-refractivity contribution in [3.8, 4) is 0 Å². The highest BCUT2D eigenvalue weighted by Crippen LogP contribution is 2.08. The lowest BCUT2D eigenvalue weighted by atomic mass is 10.2. The van der Waals surface area contributed by atoms with Gasteiger partial charge in [-0.25, -0.2) is 0 Å². The zero-order chi connectivity index (χ0) is 13.7. The Morgan fingerprint density at radius 2 is 2.37 bits per heavy atom. The molecule has 0 bridgehead atoms. The number of pyridine rings is 1. The highest BCUT2D eigenvalue weighted by molar-refractivity contribution is 5.76. The number of H-pyrrole nitrogens is 1. The number of amides is 1. The molecule has 6 heteroatoms. The number of hydrogen-bond donors (Lipinski definition) is 2. The van der Waals surface area contributed by atoms with Gasteiger partial charge in [-0.1, -0.05) is 6.07 Å². The Bertz CT molecular complexity index is 589. The van der Waals surface area contributed by atoms with Crippen molar-refractivity contribution in [2.24, 2.45) is 0 Å². The summed E-state index contributed by atoms with van der Waals surface area (Å²) in [6.45, 7) is 2.26. The van der Waals surface area contributed by atoms with Crippen LogP contribution in [0.2, 0.25) is 0 Å². The van der Waals surface area contributed by atoms with Crippen molar-refractivity contribution >= 4 is 5.91 Å². The molecular formula is C13H16N4O2. The lowest BCUT2D eigenvalue weighted by molar-refractivity contribution is -0.121. The highest BCUT2D eigenvalue weighted by Gasteiger charge is 2.10. The van der Waals surface area contributed by atoms with Gasteiger partial charge in [0.25, 0.3) is 5.56 Å². The largest absolute Gasteiger partial charge is 0.349 e. The molecule has 0 aliphatic rings. The van der Waals surface area contributed by atoms with E-state index < -0.39 is 0 Å². The first-order valence-corrected chi connectivity index (χ1v) is 6.10. The average molecular weight is 260 g/mol. The minimum absolute atomic E-state index is 0.0931. The van der Waals surface area contributed by atoms with Crippen LogP contribution in [0, 0.1) is 0 Å². The first kappa shape index (κ1) is 13.1. The van der Waals surface area contributed by atoms with Crippen molar-refractivity contribution in [1.29, 1.82) is 0 Å². The van der Waals surface area contributed by atoms with Crippen molar-refractivity contribution in [3.63, 3.8) is 0 Å². The summed E-state index contributed by atoms with van der Waals surface area (Å²) >= 11 is 0. The maximum atomic E-state index is 11.8. The van der Waals surface area contributed by atoms with Crippen LogP contribution in [0.5, 0.6) is 0 Å². The number of carbonyl (C=O) groups is 1. The molecule has 1 amide bonds. The molecule has 0 fully saturated rings. The fourth-order valence-corrected chi connectivity index (χ4v) is 1.76. The maximum absolute atomic E-state index is 11.8. The minimum Gasteiger partial charge on any atom is -0.349 e. The van der Waals surface area contributed by atoms with Crippen molar-refractivity contribution in [1.82, 2.24) is 20.1 Å². The van der Waals surface area contributed by atoms with E-state index in [1.54, 1.807) is 30.7 Å². The molecule has 2 aromatic rings. The van der Waals surface area contributed by atoms with Crippen LogP contribution in [-0.4, -0.2) is 20.7 Å². The van der Waals surface area contributed by atoms with Gasteiger partial charge in [-0.3, -0.25) is 14.7 Å². The number of rotatable bonds is 5. The van der Waals surface area contributed by atoms with Crippen molar-refractivity contribution in [2.75, 3.05) is 0 Å². The van der Waals surface area contributed by atoms with Crippen molar-refractivity contribution in [3.05, 3.63) is 52.7 Å². The van der Waals surface area contributed by atoms with E-state index in [4.69, 9.17) is 0 Å². The normalized spacial score (nSPS) is 12.1. The molecule has 0 saturated carbocycles. The van der Waals surface area contributed by atoms with Gasteiger partial charge in [0.1, 0.15) is 0 Å². The molecule has 0 spiro atoms. The van der Waals surface area contributed by atoms with E-state index in [1.165, 1.54) is 10.6 Å². The molecule has 0 aromatic carbocycles. The van der Waals surface area contributed by atoms with Crippen molar-refractivity contribution in [2.45, 2.75) is 25.9 Å². The van der Waals surface area contributed by atoms with E-state index in [9.17, 15) is 9.59 Å². The Morgan fingerprint density at radius 3 is 3.05 bits per heavy atom. The molecule has 0 aliphatic heterocycles. The number of hydrogen-bond acceptors (Lipinski definition) is 3. The predicted molar refractivity (Wildman–Crippen MR) is 70.5 cm³/mol. The maximum Gasteiger partial charge on any atom is 0.250 e. The first-order chi connectivity index (χ1) is 9.16. The van der Waals surface area contributed by atoms with Gasteiger partial charge in [-0.05, 0) is 13.0 Å². The van der Waals surface area contributed by atoms with Gasteiger partial charge in [-0.15, -0.1) is 0 Å². The van der Waals surface area contributed by atoms with E-state index in [1.807, 2.05) is 6.92 Å². The molecule has 1 unspecified atom stereocenters. The summed E-state index contributed by atoms with van der Waals surface area (Å²) in [7, 11) is 0. The zero-order valence-electron chi connectivity index (χ0n) is 10.7. The van der Waals surface area contributed by atoms with E-state index in [0.717, 1.165) is 5.56 Å². The Labute approximate surface area is 110 Å². The number of aromatic amines is 1. The molecule has 2 heterocycles. The summed E-state index contributed by atoms with van der Waals surface area (Å²) < 4.78 is 1.52. The van der Waals surface area contributed by atoms with Gasteiger partial charge < -0.3 is 9.88 Å². The fraction of sp³-hybridized carbons (Fsp3) is 0.308. The Hall–Kier alpha value is -2.37. The number of carbonyl (C=O) groups excluding carboxylic acids is 1. The Kier molecular flexibility index (Phi) is 4.12. The van der Waals surface area contributed by atoms with Crippen LogP contribution in [0.4, 0.5) is 0 Å². The van der Waals surface area contributed by atoms with Crippen LogP contribution >= 0.6 is 0 Å². The van der Waals surface area contributed by atoms with Gasteiger partial charge >= 0.3 is 0 Å². The van der Waals surface area contributed by atoms with E-state index in [0.29, 0.717) is 6.54 Å². The van der Waals surface area contributed by atoms with Gasteiger partial charge in [0, 0.05) is 37.0 Å². The molecule has 0 saturated heterocycles. The van der Waals surface area contributed by atoms with Crippen LogP contribution in [0.25, 0.3) is 0 Å². The van der Waals surface area contributed by atoms with Crippen LogP contribution in [0.3, 0.4) is 0 Å². The second kappa shape index (κ2) is 5.99. The molecule has 0 aliphatic carbocycles. The van der Waals surface area contributed by atoms with Crippen molar-refractivity contribution < 1.29 is 4.79 Å². The van der Waals surface area contributed by atoms with Crippen LogP contribution in [0.15, 0.2) is 41.6 Å². The molecule has 2 aromatic heterocycles. The van der Waals surface area contributed by atoms with Gasteiger partial charge in [0.05, 0.1) is 12.2 Å². The molecule has 2 rings (SSSR count). The molecule has 0 radical (unpaired) electrons. The summed E-state index contributed by atoms with van der Waals surface area (Å²) in [6, 6.07) is 4.83. The second-order valence-electron chi connectivity index (χ2n) is 4.30. The molecule has 100 valence electrons. The second-order valence-corrected chi connectivity index (χ2v) is 4.30. The third-order valence-electron chi connectivity index (χ3n) is 2.88. The SMILES string of the molecule is CC(NC(=O)CCn1ccccc1=O)c1cn[nH]c1. The minimum atomic E-state index is -0.0989. The summed E-state index contributed by atoms with van der Waals surface area (Å²) in [4.78, 5) is 23.2. The van der Waals surface area contributed by atoms with Gasteiger partial charge in [0.15, 0.2) is 0 Å². The number of aromatic nitrogens is 3. The lowest BCUT2D eigenvalue weighted by Gasteiger charge is -2.12. The standard InChI is InChI=1S/C13H16N4O2/c1-10(11-8-14-15-9-11)16-12(18)5-7-17-6-3-2-4-13(17)19/h2-4,6,8-10H,5,7H2,1H3,(H,14,15)(H,16,18). The fourth-order valence-electron chi connectivity index (χ4n) is 1.76. The topological polar surface area (TPSA) is 79.8 Å². The summed E-state index contributed by atoms with van der Waals surface area (Å²) in [5, 5.41) is 9.39. The molecular weight excluding hydrogens is 244 g/mol. The summed E-state index contributed by atoms with van der Waals surface area (Å²) in [5.74, 6) is -0.0931. The molecule has 2 N–H and O–H groups in total. The number of nitrogens with one attached hydrogen (secondary N) is 2. The Balaban J connectivity index is 1.85. The van der Waals surface area contributed by atoms with Gasteiger partial charge in [-0.2, -0.15) is 5.10 Å². The van der Waals surface area contributed by atoms with Crippen LogP contribution < -0.4 is 10.9 Å². The highest BCUT2D eigenvalue weighted by atomic mass is 16.2. The van der Waals surface area contributed by atoms with Crippen LogP contribution in [-0.2, 0) is 11.3 Å². The summed E-state index contributed by atoms with van der Waals surface area (Å²) in [6.07, 6.45) is 5.36. The monoisotopic (exact) mass is 260 g/mol. The van der Waals surface area contributed by atoms with E-state index in [-0.39, 0.29) is 23.9 Å². The smallest absolute Gasteiger partial charge is 0.250 e. The van der Waals surface area contributed by atoms with E-state index in [2.05, 4.69) is 15.5 Å². The predicted octanol–water partition coefficient (Wildman–Crippen LogP) is 0.839. The quantitative estimate of drug-likeness (QED) is 0.836. The number of aryl methyl sites for hydroxylation is 1. The summed E-state index contributed by atoms with van der Waals surface area (Å²) in [5.41, 5.74) is 0.823. The van der Waals surface area contributed by atoms with Crippen LogP contribution in [0.1, 0.15) is 24.9 Å². The van der Waals surface area contributed by atoms with Gasteiger partial charge in [0.2, 0.25) is 5.91 Å².